The van der Waals surface area contributed by atoms with Gasteiger partial charge in [-0.1, -0.05) is 0 Å². The summed E-state index contributed by atoms with van der Waals surface area (Å²) in [6.45, 7) is 2.62. The molecule has 0 bridgehead atoms. The van der Waals surface area contributed by atoms with Crippen molar-refractivity contribution in [1.82, 2.24) is 9.34 Å². The number of alkyl halides is 2. The molecule has 0 aromatic carbocycles. The van der Waals surface area contributed by atoms with Crippen molar-refractivity contribution in [3.05, 3.63) is 0 Å². The second kappa shape index (κ2) is 7.58. The molecule has 0 saturated carbocycles. The van der Waals surface area contributed by atoms with Crippen molar-refractivity contribution in [1.29, 1.82) is 5.26 Å². The predicted molar refractivity (Wildman–Crippen MR) is 68.4 cm³/mol. The first kappa shape index (κ1) is 15.2. The zero-order valence-corrected chi connectivity index (χ0v) is 11.9. The Morgan fingerprint density at radius 3 is 2.35 bits per heavy atom. The number of hydrogen-bond acceptors (Lipinski definition) is 3. The van der Waals surface area contributed by atoms with E-state index < -0.39 is 7.67 Å². The third-order valence-electron chi connectivity index (χ3n) is 2.30. The molecule has 1 heterocycles. The maximum Gasteiger partial charge on any atom is 0.346 e. The van der Waals surface area contributed by atoms with E-state index in [1.807, 2.05) is 6.07 Å². The van der Waals surface area contributed by atoms with Gasteiger partial charge in [-0.2, -0.15) is 5.26 Å². The van der Waals surface area contributed by atoms with Crippen molar-refractivity contribution in [2.45, 2.75) is 6.42 Å². The standard InChI is InChI=1S/C9H16Cl2N3O2P/c10-2-5-13(6-3-11)17(15,14-7-8-14)16-9-1-4-12/h1-3,5-9H2. The molecule has 1 fully saturated rings. The van der Waals surface area contributed by atoms with Crippen LogP contribution in [0.5, 0.6) is 0 Å². The van der Waals surface area contributed by atoms with E-state index in [1.165, 1.54) is 0 Å². The molecule has 0 amide bonds. The molecule has 17 heavy (non-hydrogen) atoms. The van der Waals surface area contributed by atoms with E-state index in [-0.39, 0.29) is 13.0 Å². The fourth-order valence-corrected chi connectivity index (χ4v) is 4.37. The highest BCUT2D eigenvalue weighted by atomic mass is 35.5. The van der Waals surface area contributed by atoms with Crippen molar-refractivity contribution < 1.29 is 9.09 Å². The molecule has 1 aliphatic rings. The Kier molecular flexibility index (Phi) is 6.79. The van der Waals surface area contributed by atoms with Gasteiger partial charge in [-0.25, -0.2) is 9.34 Å². The molecule has 0 aromatic rings. The summed E-state index contributed by atoms with van der Waals surface area (Å²) in [5.74, 6) is 0.743. The van der Waals surface area contributed by atoms with Crippen LogP contribution in [0.4, 0.5) is 0 Å². The molecule has 1 saturated heterocycles. The van der Waals surface area contributed by atoms with E-state index in [1.54, 1.807) is 9.34 Å². The number of halogens is 2. The molecule has 5 nitrogen and oxygen atoms in total. The van der Waals surface area contributed by atoms with Crippen LogP contribution in [0.15, 0.2) is 0 Å². The SMILES string of the molecule is N#CCCOP(=O)(N(CCCl)CCCl)N1CC1. The summed E-state index contributed by atoms with van der Waals surface area (Å²) < 4.78 is 21.6. The van der Waals surface area contributed by atoms with E-state index in [9.17, 15) is 4.57 Å². The summed E-state index contributed by atoms with van der Waals surface area (Å²) in [6, 6.07) is 1.97. The van der Waals surface area contributed by atoms with Crippen LogP contribution < -0.4 is 0 Å². The summed E-state index contributed by atoms with van der Waals surface area (Å²) in [4.78, 5) is 0. The quantitative estimate of drug-likeness (QED) is 0.282. The van der Waals surface area contributed by atoms with Gasteiger partial charge in [0.05, 0.1) is 19.1 Å². The minimum absolute atomic E-state index is 0.172. The van der Waals surface area contributed by atoms with Gasteiger partial charge in [-0.3, -0.25) is 4.57 Å². The monoisotopic (exact) mass is 299 g/mol. The molecule has 1 aliphatic heterocycles. The molecule has 0 radical (unpaired) electrons. The summed E-state index contributed by atoms with van der Waals surface area (Å²) in [5.41, 5.74) is 0. The number of nitriles is 1. The van der Waals surface area contributed by atoms with E-state index in [2.05, 4.69) is 0 Å². The minimum Gasteiger partial charge on any atom is -0.305 e. The highest BCUT2D eigenvalue weighted by Crippen LogP contribution is 2.57. The topological polar surface area (TPSA) is 56.3 Å². The Hall–Kier alpha value is 0.180. The average molecular weight is 300 g/mol. The first-order chi connectivity index (χ1) is 8.19. The highest BCUT2D eigenvalue weighted by molar-refractivity contribution is 7.54. The summed E-state index contributed by atoms with van der Waals surface area (Å²) >= 11 is 11.4. The van der Waals surface area contributed by atoms with Crippen molar-refractivity contribution in [3.63, 3.8) is 0 Å². The van der Waals surface area contributed by atoms with Gasteiger partial charge in [0.1, 0.15) is 0 Å². The lowest BCUT2D eigenvalue weighted by Gasteiger charge is -2.30. The Labute approximate surface area is 112 Å². The molecule has 0 N–H and O–H groups in total. The number of nitrogens with zero attached hydrogens (tertiary/aromatic N) is 3. The fraction of sp³-hybridized carbons (Fsp3) is 0.889. The van der Waals surface area contributed by atoms with Crippen LogP contribution in [0.25, 0.3) is 0 Å². The maximum absolute atomic E-state index is 12.7. The van der Waals surface area contributed by atoms with Gasteiger partial charge in [0.2, 0.25) is 0 Å². The Bertz CT molecular complexity index is 314. The zero-order chi connectivity index (χ0) is 12.7. The van der Waals surface area contributed by atoms with Gasteiger partial charge in [0, 0.05) is 37.9 Å². The smallest absolute Gasteiger partial charge is 0.305 e. The normalized spacial score (nSPS) is 18.9. The van der Waals surface area contributed by atoms with Gasteiger partial charge in [-0.15, -0.1) is 23.2 Å². The molecule has 1 atom stereocenters. The Morgan fingerprint density at radius 2 is 1.94 bits per heavy atom. The van der Waals surface area contributed by atoms with E-state index >= 15 is 0 Å². The molecular formula is C9H16Cl2N3O2P. The molecular weight excluding hydrogens is 284 g/mol. The van der Waals surface area contributed by atoms with Crippen LogP contribution in [-0.4, -0.2) is 53.9 Å². The highest BCUT2D eigenvalue weighted by Gasteiger charge is 2.44. The van der Waals surface area contributed by atoms with Gasteiger partial charge in [-0.05, 0) is 0 Å². The molecule has 8 heteroatoms. The lowest BCUT2D eigenvalue weighted by atomic mass is 10.5. The lowest BCUT2D eigenvalue weighted by molar-refractivity contribution is 0.248. The van der Waals surface area contributed by atoms with Crippen molar-refractivity contribution in [2.75, 3.05) is 44.5 Å². The Balaban J connectivity index is 2.66. The van der Waals surface area contributed by atoms with Crippen molar-refractivity contribution in [2.24, 2.45) is 0 Å². The van der Waals surface area contributed by atoms with E-state index in [4.69, 9.17) is 33.0 Å². The molecule has 0 aliphatic carbocycles. The van der Waals surface area contributed by atoms with Crippen molar-refractivity contribution >= 4 is 30.9 Å². The largest absolute Gasteiger partial charge is 0.346 e. The van der Waals surface area contributed by atoms with Crippen LogP contribution in [0.2, 0.25) is 0 Å². The van der Waals surface area contributed by atoms with Crippen LogP contribution in [0.1, 0.15) is 6.42 Å². The Morgan fingerprint density at radius 1 is 1.35 bits per heavy atom. The zero-order valence-electron chi connectivity index (χ0n) is 9.52. The van der Waals surface area contributed by atoms with Gasteiger partial charge >= 0.3 is 7.67 Å². The minimum atomic E-state index is -3.01. The van der Waals surface area contributed by atoms with Crippen LogP contribution in [-0.2, 0) is 9.09 Å². The third-order valence-corrected chi connectivity index (χ3v) is 5.38. The van der Waals surface area contributed by atoms with Crippen LogP contribution in [0.3, 0.4) is 0 Å². The maximum atomic E-state index is 12.7. The first-order valence-corrected chi connectivity index (χ1v) is 8.03. The van der Waals surface area contributed by atoms with Crippen LogP contribution >= 0.6 is 30.9 Å². The third kappa shape index (κ3) is 4.40. The second-order valence-corrected chi connectivity index (χ2v) is 6.64. The fourth-order valence-electron chi connectivity index (χ4n) is 1.41. The van der Waals surface area contributed by atoms with Crippen molar-refractivity contribution in [3.8, 4) is 6.07 Å². The van der Waals surface area contributed by atoms with E-state index in [0.717, 1.165) is 13.1 Å². The molecule has 1 rings (SSSR count). The van der Waals surface area contributed by atoms with Gasteiger partial charge in [0.25, 0.3) is 0 Å². The lowest BCUT2D eigenvalue weighted by Crippen LogP contribution is -2.29. The van der Waals surface area contributed by atoms with Gasteiger partial charge < -0.3 is 4.52 Å². The van der Waals surface area contributed by atoms with Crippen LogP contribution in [0, 0.1) is 11.3 Å². The average Bonchev–Trinajstić information content (AvgIpc) is 3.13. The number of rotatable bonds is 9. The summed E-state index contributed by atoms with van der Waals surface area (Å²) in [7, 11) is -3.01. The molecule has 1 unspecified atom stereocenters. The number of hydrogen-bond donors (Lipinski definition) is 0. The second-order valence-electron chi connectivity index (χ2n) is 3.52. The predicted octanol–water partition coefficient (Wildman–Crippen LogP) is 2.12. The summed E-state index contributed by atoms with van der Waals surface area (Å²) in [6.07, 6.45) is 0.230. The summed E-state index contributed by atoms with van der Waals surface area (Å²) in [5, 5.41) is 8.47. The van der Waals surface area contributed by atoms with Gasteiger partial charge in [0.15, 0.2) is 0 Å². The molecule has 0 spiro atoms. The van der Waals surface area contributed by atoms with E-state index in [0.29, 0.717) is 24.8 Å². The first-order valence-electron chi connectivity index (χ1n) is 5.43. The molecule has 98 valence electrons. The molecule has 0 aromatic heterocycles.